The second kappa shape index (κ2) is 5.45. The highest BCUT2D eigenvalue weighted by Gasteiger charge is 2.16. The lowest BCUT2D eigenvalue weighted by molar-refractivity contribution is -0.123. The smallest absolute Gasteiger partial charge is 0.237 e. The Kier molecular flexibility index (Phi) is 4.23. The van der Waals surface area contributed by atoms with Crippen molar-refractivity contribution in [2.75, 3.05) is 0 Å². The van der Waals surface area contributed by atoms with Gasteiger partial charge in [0.05, 0.1) is 12.1 Å². The molecule has 6 nitrogen and oxygen atoms in total. The van der Waals surface area contributed by atoms with Crippen molar-refractivity contribution in [2.24, 2.45) is 5.73 Å². The molecule has 15 heavy (non-hydrogen) atoms. The number of nitrogens with one attached hydrogen (secondary N) is 2. The Balaban J connectivity index is 2.44. The summed E-state index contributed by atoms with van der Waals surface area (Å²) in [5.41, 5.74) is 5.67. The zero-order valence-corrected chi connectivity index (χ0v) is 9.03. The molecule has 0 bridgehead atoms. The van der Waals surface area contributed by atoms with Gasteiger partial charge in [-0.3, -0.25) is 9.89 Å². The van der Waals surface area contributed by atoms with Gasteiger partial charge < -0.3 is 11.1 Å². The molecule has 0 saturated carbocycles. The summed E-state index contributed by atoms with van der Waals surface area (Å²) in [6.45, 7) is 3.82. The Bertz CT molecular complexity index is 297. The van der Waals surface area contributed by atoms with E-state index in [1.807, 2.05) is 13.8 Å². The van der Waals surface area contributed by atoms with Gasteiger partial charge in [-0.05, 0) is 13.3 Å². The van der Waals surface area contributed by atoms with Gasteiger partial charge in [0.15, 0.2) is 0 Å². The van der Waals surface area contributed by atoms with Crippen LogP contribution in [-0.4, -0.2) is 27.1 Å². The number of carbonyl (C=O) groups excluding carboxylic acids is 1. The van der Waals surface area contributed by atoms with Crippen LogP contribution >= 0.6 is 0 Å². The number of aromatic amines is 1. The van der Waals surface area contributed by atoms with Crippen LogP contribution in [0.1, 0.15) is 38.6 Å². The predicted molar refractivity (Wildman–Crippen MR) is 55.8 cm³/mol. The van der Waals surface area contributed by atoms with Gasteiger partial charge in [-0.15, -0.1) is 0 Å². The molecule has 0 aliphatic rings. The number of amides is 1. The number of nitrogens with two attached hydrogens (primary N) is 1. The maximum atomic E-state index is 11.5. The van der Waals surface area contributed by atoms with E-state index in [9.17, 15) is 4.79 Å². The highest BCUT2D eigenvalue weighted by molar-refractivity contribution is 5.81. The molecular formula is C9H17N5O. The van der Waals surface area contributed by atoms with E-state index in [4.69, 9.17) is 5.73 Å². The topological polar surface area (TPSA) is 96.7 Å². The van der Waals surface area contributed by atoms with E-state index in [2.05, 4.69) is 20.5 Å². The minimum atomic E-state index is -0.444. The highest BCUT2D eigenvalue weighted by atomic mass is 16.2. The van der Waals surface area contributed by atoms with Crippen LogP contribution in [0.4, 0.5) is 0 Å². The minimum absolute atomic E-state index is 0.152. The van der Waals surface area contributed by atoms with E-state index in [1.54, 1.807) is 0 Å². The fourth-order valence-electron chi connectivity index (χ4n) is 1.25. The summed E-state index contributed by atoms with van der Waals surface area (Å²) in [6, 6.07) is -0.636. The van der Waals surface area contributed by atoms with Gasteiger partial charge in [0.25, 0.3) is 0 Å². The van der Waals surface area contributed by atoms with Crippen LogP contribution in [0.5, 0.6) is 0 Å². The number of H-pyrrole nitrogens is 1. The first kappa shape index (κ1) is 11.6. The van der Waals surface area contributed by atoms with Crippen molar-refractivity contribution in [1.82, 2.24) is 20.5 Å². The van der Waals surface area contributed by atoms with Crippen LogP contribution in [0.3, 0.4) is 0 Å². The quantitative estimate of drug-likeness (QED) is 0.644. The summed E-state index contributed by atoms with van der Waals surface area (Å²) in [7, 11) is 0. The van der Waals surface area contributed by atoms with Gasteiger partial charge in [-0.25, -0.2) is 4.98 Å². The molecule has 0 saturated heterocycles. The lowest BCUT2D eigenvalue weighted by Gasteiger charge is -2.15. The molecule has 0 radical (unpaired) electrons. The lowest BCUT2D eigenvalue weighted by Crippen LogP contribution is -2.41. The van der Waals surface area contributed by atoms with E-state index in [-0.39, 0.29) is 11.9 Å². The monoisotopic (exact) mass is 211 g/mol. The summed E-state index contributed by atoms with van der Waals surface area (Å²) >= 11 is 0. The average Bonchev–Trinajstić information content (AvgIpc) is 2.70. The third-order valence-electron chi connectivity index (χ3n) is 2.14. The molecular weight excluding hydrogens is 194 g/mol. The van der Waals surface area contributed by atoms with E-state index < -0.39 is 6.04 Å². The summed E-state index contributed by atoms with van der Waals surface area (Å²) in [6.07, 6.45) is 2.99. The molecule has 0 spiro atoms. The van der Waals surface area contributed by atoms with E-state index in [1.165, 1.54) is 6.33 Å². The summed E-state index contributed by atoms with van der Waals surface area (Å²) < 4.78 is 0. The van der Waals surface area contributed by atoms with E-state index in [0.29, 0.717) is 12.2 Å². The normalized spacial score (nSPS) is 14.6. The molecule has 2 unspecified atom stereocenters. The number of carbonyl (C=O) groups is 1. The Morgan fingerprint density at radius 3 is 3.00 bits per heavy atom. The highest BCUT2D eigenvalue weighted by Crippen LogP contribution is 2.04. The van der Waals surface area contributed by atoms with E-state index >= 15 is 0 Å². The van der Waals surface area contributed by atoms with Crippen molar-refractivity contribution in [2.45, 2.75) is 38.8 Å². The molecule has 0 aromatic carbocycles. The fourth-order valence-corrected chi connectivity index (χ4v) is 1.25. The maximum absolute atomic E-state index is 11.5. The fraction of sp³-hybridized carbons (Fsp3) is 0.667. The number of aromatic nitrogens is 3. The summed E-state index contributed by atoms with van der Waals surface area (Å²) in [5, 5.41) is 9.18. The van der Waals surface area contributed by atoms with Crippen molar-refractivity contribution < 1.29 is 4.79 Å². The molecule has 1 aromatic rings. The molecule has 1 amide bonds. The summed E-state index contributed by atoms with van der Waals surface area (Å²) in [4.78, 5) is 15.5. The van der Waals surface area contributed by atoms with E-state index in [0.717, 1.165) is 6.42 Å². The zero-order valence-electron chi connectivity index (χ0n) is 9.03. The van der Waals surface area contributed by atoms with Crippen LogP contribution in [0.25, 0.3) is 0 Å². The SMILES string of the molecule is CCCC(N)C(=O)NC(C)c1ncn[nH]1. The van der Waals surface area contributed by atoms with Gasteiger partial charge in [0, 0.05) is 0 Å². The van der Waals surface area contributed by atoms with Gasteiger partial charge in [-0.1, -0.05) is 13.3 Å². The molecule has 1 aromatic heterocycles. The molecule has 0 fully saturated rings. The Morgan fingerprint density at radius 1 is 1.73 bits per heavy atom. The van der Waals surface area contributed by atoms with Crippen LogP contribution < -0.4 is 11.1 Å². The van der Waals surface area contributed by atoms with Crippen LogP contribution in [0, 0.1) is 0 Å². The molecule has 2 atom stereocenters. The first-order valence-electron chi connectivity index (χ1n) is 5.06. The number of nitrogens with zero attached hydrogens (tertiary/aromatic N) is 2. The predicted octanol–water partition coefficient (Wildman–Crippen LogP) is 0.109. The van der Waals surface area contributed by atoms with Gasteiger partial charge >= 0.3 is 0 Å². The molecule has 0 aliphatic carbocycles. The van der Waals surface area contributed by atoms with Gasteiger partial charge in [0.1, 0.15) is 12.2 Å². The van der Waals surface area contributed by atoms with Crippen LogP contribution in [-0.2, 0) is 4.79 Å². The number of hydrogen-bond donors (Lipinski definition) is 3. The van der Waals surface area contributed by atoms with Crippen molar-refractivity contribution in [1.29, 1.82) is 0 Å². The number of hydrogen-bond acceptors (Lipinski definition) is 4. The minimum Gasteiger partial charge on any atom is -0.345 e. The first-order valence-corrected chi connectivity index (χ1v) is 5.06. The van der Waals surface area contributed by atoms with Gasteiger partial charge in [0.2, 0.25) is 5.91 Å². The molecule has 1 heterocycles. The Hall–Kier alpha value is -1.43. The molecule has 1 rings (SSSR count). The first-order chi connectivity index (χ1) is 7.15. The second-order valence-corrected chi connectivity index (χ2v) is 3.50. The lowest BCUT2D eigenvalue weighted by atomic mass is 10.1. The standard InChI is InChI=1S/C9H17N5O/c1-3-4-7(10)9(15)13-6(2)8-11-5-12-14-8/h5-7H,3-4,10H2,1-2H3,(H,13,15)(H,11,12,14). The third-order valence-corrected chi connectivity index (χ3v) is 2.14. The molecule has 6 heteroatoms. The van der Waals surface area contributed by atoms with Crippen molar-refractivity contribution in [3.8, 4) is 0 Å². The number of rotatable bonds is 5. The summed E-state index contributed by atoms with van der Waals surface area (Å²) in [5.74, 6) is 0.479. The molecule has 0 aliphatic heterocycles. The zero-order chi connectivity index (χ0) is 11.3. The third kappa shape index (κ3) is 3.32. The van der Waals surface area contributed by atoms with Crippen LogP contribution in [0.2, 0.25) is 0 Å². The molecule has 84 valence electrons. The molecule has 4 N–H and O–H groups in total. The Morgan fingerprint density at radius 2 is 2.47 bits per heavy atom. The van der Waals surface area contributed by atoms with Gasteiger partial charge in [-0.2, -0.15) is 5.10 Å². The Labute approximate surface area is 88.7 Å². The average molecular weight is 211 g/mol. The maximum Gasteiger partial charge on any atom is 0.237 e. The largest absolute Gasteiger partial charge is 0.345 e. The van der Waals surface area contributed by atoms with Crippen molar-refractivity contribution in [3.05, 3.63) is 12.2 Å². The van der Waals surface area contributed by atoms with Crippen molar-refractivity contribution >= 4 is 5.91 Å². The van der Waals surface area contributed by atoms with Crippen LogP contribution in [0.15, 0.2) is 6.33 Å². The second-order valence-electron chi connectivity index (χ2n) is 3.50. The van der Waals surface area contributed by atoms with Crippen molar-refractivity contribution in [3.63, 3.8) is 0 Å².